The van der Waals surface area contributed by atoms with Crippen molar-refractivity contribution < 1.29 is 9.53 Å². The molecule has 1 N–H and O–H groups in total. The van der Waals surface area contributed by atoms with Gasteiger partial charge in [-0.15, -0.1) is 0 Å². The minimum atomic E-state index is -0.0655. The molecule has 0 aromatic rings. The van der Waals surface area contributed by atoms with Gasteiger partial charge in [-0.1, -0.05) is 27.7 Å². The third-order valence-corrected chi connectivity index (χ3v) is 3.95. The molecule has 2 unspecified atom stereocenters. The zero-order chi connectivity index (χ0) is 14.4. The van der Waals surface area contributed by atoms with Crippen LogP contribution in [0, 0.1) is 5.92 Å². The number of carbonyl (C=O) groups excluding carboxylic acids is 1. The summed E-state index contributed by atoms with van der Waals surface area (Å²) in [6, 6.07) is 0.294. The van der Waals surface area contributed by atoms with Crippen molar-refractivity contribution in [3.63, 3.8) is 0 Å². The highest BCUT2D eigenvalue weighted by Crippen LogP contribution is 2.18. The maximum atomic E-state index is 12.7. The zero-order valence-corrected chi connectivity index (χ0v) is 13.1. The van der Waals surface area contributed by atoms with E-state index in [1.54, 1.807) is 7.11 Å². The molecule has 1 amide bonds. The van der Waals surface area contributed by atoms with Gasteiger partial charge in [0, 0.05) is 26.2 Å². The van der Waals surface area contributed by atoms with Crippen LogP contribution in [-0.2, 0) is 9.53 Å². The summed E-state index contributed by atoms with van der Waals surface area (Å²) < 4.78 is 5.33. The van der Waals surface area contributed by atoms with E-state index in [1.807, 2.05) is 0 Å². The van der Waals surface area contributed by atoms with Crippen LogP contribution >= 0.6 is 0 Å². The van der Waals surface area contributed by atoms with Crippen molar-refractivity contribution >= 4 is 5.91 Å². The number of nitrogens with one attached hydrogen (secondary N) is 1. The Morgan fingerprint density at radius 1 is 1.37 bits per heavy atom. The van der Waals surface area contributed by atoms with Crippen LogP contribution in [0.2, 0.25) is 0 Å². The van der Waals surface area contributed by atoms with Gasteiger partial charge in [0.1, 0.15) is 0 Å². The summed E-state index contributed by atoms with van der Waals surface area (Å²) in [4.78, 5) is 14.8. The van der Waals surface area contributed by atoms with Crippen molar-refractivity contribution in [2.24, 2.45) is 5.92 Å². The molecule has 0 aromatic heterocycles. The van der Waals surface area contributed by atoms with Gasteiger partial charge in [-0.2, -0.15) is 0 Å². The molecule has 19 heavy (non-hydrogen) atoms. The number of carbonyl (C=O) groups is 1. The lowest BCUT2D eigenvalue weighted by atomic mass is 10.0. The predicted octanol–water partition coefficient (Wildman–Crippen LogP) is 2.04. The second-order valence-electron chi connectivity index (χ2n) is 5.91. The van der Waals surface area contributed by atoms with Crippen molar-refractivity contribution in [3.8, 4) is 0 Å². The van der Waals surface area contributed by atoms with Crippen molar-refractivity contribution in [2.45, 2.75) is 65.1 Å². The maximum absolute atomic E-state index is 12.7. The smallest absolute Gasteiger partial charge is 0.240 e. The van der Waals surface area contributed by atoms with E-state index >= 15 is 0 Å². The van der Waals surface area contributed by atoms with Gasteiger partial charge in [0.25, 0.3) is 0 Å². The molecule has 1 fully saturated rings. The number of methoxy groups -OCH3 is 1. The second kappa shape index (κ2) is 7.85. The summed E-state index contributed by atoms with van der Waals surface area (Å²) in [7, 11) is 1.71. The second-order valence-corrected chi connectivity index (χ2v) is 5.91. The van der Waals surface area contributed by atoms with E-state index in [4.69, 9.17) is 4.74 Å². The van der Waals surface area contributed by atoms with E-state index in [2.05, 4.69) is 37.9 Å². The number of hydrogen-bond acceptors (Lipinski definition) is 3. The predicted molar refractivity (Wildman–Crippen MR) is 78.1 cm³/mol. The first-order valence-electron chi connectivity index (χ1n) is 7.60. The summed E-state index contributed by atoms with van der Waals surface area (Å²) in [6.07, 6.45) is 3.02. The van der Waals surface area contributed by atoms with E-state index in [0.717, 1.165) is 32.4 Å². The van der Waals surface area contributed by atoms with Crippen molar-refractivity contribution in [1.29, 1.82) is 0 Å². The molecule has 0 radical (unpaired) electrons. The van der Waals surface area contributed by atoms with Crippen LogP contribution in [0.5, 0.6) is 0 Å². The van der Waals surface area contributed by atoms with E-state index in [1.165, 1.54) is 0 Å². The van der Waals surface area contributed by atoms with E-state index < -0.39 is 0 Å². The summed E-state index contributed by atoms with van der Waals surface area (Å²) in [5.41, 5.74) is 0. The lowest BCUT2D eigenvalue weighted by Gasteiger charge is -2.34. The molecule has 0 aliphatic carbocycles. The van der Waals surface area contributed by atoms with Gasteiger partial charge in [0.15, 0.2) is 0 Å². The maximum Gasteiger partial charge on any atom is 0.240 e. The molecule has 2 atom stereocenters. The third-order valence-electron chi connectivity index (χ3n) is 3.95. The molecule has 0 saturated carbocycles. The first-order valence-corrected chi connectivity index (χ1v) is 7.60. The van der Waals surface area contributed by atoms with E-state index in [-0.39, 0.29) is 18.1 Å². The molecular formula is C15H30N2O2. The Kier molecular flexibility index (Phi) is 6.80. The Balaban J connectivity index is 2.71. The largest absolute Gasteiger partial charge is 0.380 e. The van der Waals surface area contributed by atoms with Gasteiger partial charge in [0.2, 0.25) is 5.91 Å². The molecule has 0 aromatic carbocycles. The topological polar surface area (TPSA) is 41.6 Å². The number of rotatable bonds is 7. The lowest BCUT2D eigenvalue weighted by molar-refractivity contribution is -0.136. The summed E-state index contributed by atoms with van der Waals surface area (Å²) in [5.74, 6) is 0.756. The molecule has 4 nitrogen and oxygen atoms in total. The van der Waals surface area contributed by atoms with Gasteiger partial charge < -0.3 is 15.0 Å². The molecular weight excluding hydrogens is 240 g/mol. The lowest BCUT2D eigenvalue weighted by Crippen LogP contribution is -2.49. The number of hydrogen-bond donors (Lipinski definition) is 1. The zero-order valence-electron chi connectivity index (χ0n) is 13.1. The summed E-state index contributed by atoms with van der Waals surface area (Å²) in [6.45, 7) is 10.3. The van der Waals surface area contributed by atoms with Crippen LogP contribution in [0.25, 0.3) is 0 Å². The number of amides is 1. The van der Waals surface area contributed by atoms with Crippen LogP contribution in [0.4, 0.5) is 0 Å². The SMILES string of the molecule is CCC(CC)N(CC(C)C)C(=O)C1CC(OC)CN1. The van der Waals surface area contributed by atoms with Crippen LogP contribution in [0.1, 0.15) is 47.0 Å². The average Bonchev–Trinajstić information content (AvgIpc) is 2.86. The molecule has 0 spiro atoms. The molecule has 1 heterocycles. The van der Waals surface area contributed by atoms with Crippen molar-refractivity contribution in [1.82, 2.24) is 10.2 Å². The Hall–Kier alpha value is -0.610. The summed E-state index contributed by atoms with van der Waals surface area (Å²) in [5, 5.41) is 3.30. The Bertz CT molecular complexity index is 277. The average molecular weight is 270 g/mol. The molecule has 112 valence electrons. The monoisotopic (exact) mass is 270 g/mol. The number of ether oxygens (including phenoxy) is 1. The molecule has 1 aliphatic rings. The van der Waals surface area contributed by atoms with Gasteiger partial charge in [-0.05, 0) is 25.2 Å². The fourth-order valence-corrected chi connectivity index (χ4v) is 2.81. The Labute approximate surface area is 117 Å². The van der Waals surface area contributed by atoms with Crippen molar-refractivity contribution in [3.05, 3.63) is 0 Å². The highest BCUT2D eigenvalue weighted by atomic mass is 16.5. The highest BCUT2D eigenvalue weighted by Gasteiger charge is 2.34. The Morgan fingerprint density at radius 2 is 2.00 bits per heavy atom. The van der Waals surface area contributed by atoms with Crippen molar-refractivity contribution in [2.75, 3.05) is 20.2 Å². The quantitative estimate of drug-likeness (QED) is 0.769. The van der Waals surface area contributed by atoms with E-state index in [0.29, 0.717) is 12.0 Å². The Morgan fingerprint density at radius 3 is 2.42 bits per heavy atom. The number of nitrogens with zero attached hydrogens (tertiary/aromatic N) is 1. The van der Waals surface area contributed by atoms with Crippen LogP contribution < -0.4 is 5.32 Å². The third kappa shape index (κ3) is 4.46. The van der Waals surface area contributed by atoms with E-state index in [9.17, 15) is 4.79 Å². The fraction of sp³-hybridized carbons (Fsp3) is 0.933. The molecule has 4 heteroatoms. The first-order chi connectivity index (χ1) is 9.03. The first kappa shape index (κ1) is 16.4. The van der Waals surface area contributed by atoms with Gasteiger partial charge >= 0.3 is 0 Å². The minimum Gasteiger partial charge on any atom is -0.380 e. The van der Waals surface area contributed by atoms with Gasteiger partial charge in [-0.3, -0.25) is 4.79 Å². The minimum absolute atomic E-state index is 0.0655. The molecule has 1 aliphatic heterocycles. The van der Waals surface area contributed by atoms with Crippen LogP contribution in [-0.4, -0.2) is 49.2 Å². The van der Waals surface area contributed by atoms with Crippen LogP contribution in [0.15, 0.2) is 0 Å². The van der Waals surface area contributed by atoms with Gasteiger partial charge in [-0.25, -0.2) is 0 Å². The molecule has 0 bridgehead atoms. The van der Waals surface area contributed by atoms with Crippen LogP contribution in [0.3, 0.4) is 0 Å². The molecule has 1 rings (SSSR count). The normalized spacial score (nSPS) is 23.3. The molecule has 1 saturated heterocycles. The standard InChI is InChI=1S/C15H30N2O2/c1-6-12(7-2)17(10-11(3)4)15(18)14-8-13(19-5)9-16-14/h11-14,16H,6-10H2,1-5H3. The summed E-state index contributed by atoms with van der Waals surface area (Å²) >= 11 is 0. The van der Waals surface area contributed by atoms with Gasteiger partial charge in [0.05, 0.1) is 12.1 Å². The highest BCUT2D eigenvalue weighted by molar-refractivity contribution is 5.82. The fourth-order valence-electron chi connectivity index (χ4n) is 2.81.